The minimum atomic E-state index is -3.85. The van der Waals surface area contributed by atoms with Gasteiger partial charge in [-0.25, -0.2) is 13.2 Å². The highest BCUT2D eigenvalue weighted by Crippen LogP contribution is 2.32. The molecule has 206 valence electrons. The highest BCUT2D eigenvalue weighted by Gasteiger charge is 2.33. The lowest BCUT2D eigenvalue weighted by Gasteiger charge is -2.31. The number of carboxylic acid groups (broad SMARTS) is 1. The van der Waals surface area contributed by atoms with Crippen molar-refractivity contribution in [2.24, 2.45) is 5.92 Å². The monoisotopic (exact) mass is 549 g/mol. The van der Waals surface area contributed by atoms with Gasteiger partial charge in [0.25, 0.3) is 0 Å². The summed E-state index contributed by atoms with van der Waals surface area (Å²) in [4.78, 5) is 29.8. The van der Waals surface area contributed by atoms with Crippen molar-refractivity contribution in [3.05, 3.63) is 70.9 Å². The van der Waals surface area contributed by atoms with E-state index >= 15 is 0 Å². The lowest BCUT2D eigenvalue weighted by molar-refractivity contribution is -0.126. The number of hydrogen-bond donors (Lipinski definition) is 2. The van der Waals surface area contributed by atoms with Gasteiger partial charge in [-0.3, -0.25) is 9.78 Å². The number of piperidine rings is 1. The van der Waals surface area contributed by atoms with Gasteiger partial charge < -0.3 is 10.4 Å². The number of aryl methyl sites for hydroxylation is 2. The molecule has 1 amide bonds. The summed E-state index contributed by atoms with van der Waals surface area (Å²) < 4.78 is 28.5. The Morgan fingerprint density at radius 1 is 1.08 bits per heavy atom. The van der Waals surface area contributed by atoms with Crippen LogP contribution in [0.2, 0.25) is 0 Å². The number of benzene rings is 2. The first-order valence-electron chi connectivity index (χ1n) is 13.8. The number of carbonyl (C=O) groups is 2. The molecule has 2 aromatic carbocycles. The molecule has 0 saturated carbocycles. The molecular weight excluding hydrogens is 514 g/mol. The third-order valence-corrected chi connectivity index (χ3v) is 9.90. The fourth-order valence-electron chi connectivity index (χ4n) is 5.78. The average molecular weight is 550 g/mol. The zero-order valence-electron chi connectivity index (χ0n) is 22.2. The topological polar surface area (TPSA) is 117 Å². The van der Waals surface area contributed by atoms with Crippen molar-refractivity contribution in [3.8, 4) is 0 Å². The number of carboxylic acids is 1. The normalized spacial score (nSPS) is 17.5. The van der Waals surface area contributed by atoms with Gasteiger partial charge >= 0.3 is 5.97 Å². The van der Waals surface area contributed by atoms with Crippen LogP contribution in [0.3, 0.4) is 0 Å². The van der Waals surface area contributed by atoms with Crippen molar-refractivity contribution in [1.29, 1.82) is 0 Å². The number of pyridine rings is 1. The molecule has 9 heteroatoms. The van der Waals surface area contributed by atoms with Gasteiger partial charge in [0.15, 0.2) is 0 Å². The van der Waals surface area contributed by atoms with E-state index in [1.54, 1.807) is 6.07 Å². The quantitative estimate of drug-likeness (QED) is 0.432. The molecule has 1 saturated heterocycles. The van der Waals surface area contributed by atoms with E-state index in [0.29, 0.717) is 30.2 Å². The van der Waals surface area contributed by atoms with E-state index in [2.05, 4.69) is 22.4 Å². The number of carbonyl (C=O) groups excluding carboxylic acids is 1. The van der Waals surface area contributed by atoms with Crippen LogP contribution >= 0.6 is 0 Å². The van der Waals surface area contributed by atoms with Crippen LogP contribution in [0.4, 0.5) is 0 Å². The van der Waals surface area contributed by atoms with Crippen molar-refractivity contribution in [2.75, 3.05) is 13.1 Å². The first-order valence-corrected chi connectivity index (χ1v) is 15.2. The second kappa shape index (κ2) is 11.4. The van der Waals surface area contributed by atoms with Gasteiger partial charge in [-0.2, -0.15) is 4.31 Å². The summed E-state index contributed by atoms with van der Waals surface area (Å²) in [5.41, 5.74) is 3.43. The van der Waals surface area contributed by atoms with Gasteiger partial charge in [0.2, 0.25) is 15.9 Å². The number of fused-ring (bicyclic) bond motifs is 2. The minimum absolute atomic E-state index is 0.0275. The number of hydrogen-bond acceptors (Lipinski definition) is 5. The van der Waals surface area contributed by atoms with Crippen molar-refractivity contribution >= 4 is 32.8 Å². The zero-order valence-corrected chi connectivity index (χ0v) is 23.0. The summed E-state index contributed by atoms with van der Waals surface area (Å²) in [6.45, 7) is 2.48. The van der Waals surface area contributed by atoms with E-state index in [1.807, 2.05) is 25.1 Å². The maximum atomic E-state index is 13.5. The lowest BCUT2D eigenvalue weighted by Crippen LogP contribution is -2.44. The average Bonchev–Trinajstić information content (AvgIpc) is 2.94. The molecule has 1 aliphatic heterocycles. The molecule has 2 N–H and O–H groups in total. The Morgan fingerprint density at radius 2 is 1.79 bits per heavy atom. The van der Waals surface area contributed by atoms with E-state index in [0.717, 1.165) is 43.4 Å². The number of nitrogens with one attached hydrogen (secondary N) is 1. The highest BCUT2D eigenvalue weighted by molar-refractivity contribution is 7.89. The smallest absolute Gasteiger partial charge is 0.336 e. The zero-order chi connectivity index (χ0) is 27.6. The highest BCUT2D eigenvalue weighted by atomic mass is 32.2. The van der Waals surface area contributed by atoms with Gasteiger partial charge in [-0.1, -0.05) is 30.3 Å². The fraction of sp³-hybridized carbons (Fsp3) is 0.433. The van der Waals surface area contributed by atoms with Crippen LogP contribution < -0.4 is 5.32 Å². The van der Waals surface area contributed by atoms with Crippen LogP contribution in [0.15, 0.2) is 53.4 Å². The first-order chi connectivity index (χ1) is 18.7. The largest absolute Gasteiger partial charge is 0.478 e. The van der Waals surface area contributed by atoms with Crippen LogP contribution in [-0.4, -0.2) is 53.8 Å². The second-order valence-electron chi connectivity index (χ2n) is 10.7. The Hall–Kier alpha value is -3.30. The number of sulfonamides is 1. The lowest BCUT2D eigenvalue weighted by atomic mass is 9.90. The van der Waals surface area contributed by atoms with Crippen LogP contribution in [0.25, 0.3) is 10.9 Å². The minimum Gasteiger partial charge on any atom is -0.478 e. The predicted molar refractivity (Wildman–Crippen MR) is 149 cm³/mol. The van der Waals surface area contributed by atoms with Crippen LogP contribution in [0.5, 0.6) is 0 Å². The standard InChI is InChI=1S/C30H35N3O5S/c1-20(11-12-21-7-3-2-4-8-21)31-29(34)22-15-17-33(18-16-22)39(37,38)23-13-14-27-25(19-23)28(30(35)36)24-9-5-6-10-26(24)32-27/h2-4,7-8,13-14,19-20,22H,5-6,9-12,15-18H2,1H3,(H,31,34)(H,35,36)/t20-/m0/s1. The molecule has 0 radical (unpaired) electrons. The van der Waals surface area contributed by atoms with Crippen molar-refractivity contribution in [3.63, 3.8) is 0 Å². The molecule has 2 heterocycles. The summed E-state index contributed by atoms with van der Waals surface area (Å²) in [5.74, 6) is -1.32. The number of aromatic nitrogens is 1. The SMILES string of the molecule is C[C@@H](CCc1ccccc1)NC(=O)C1CCN(S(=O)(=O)c2ccc3nc4c(c(C(=O)O)c3c2)CCCC4)CC1. The predicted octanol–water partition coefficient (Wildman–Crippen LogP) is 4.35. The number of amides is 1. The van der Waals surface area contributed by atoms with Gasteiger partial charge in [0.1, 0.15) is 0 Å². The van der Waals surface area contributed by atoms with E-state index in [-0.39, 0.29) is 41.4 Å². The van der Waals surface area contributed by atoms with Crippen molar-refractivity contribution < 1.29 is 23.1 Å². The molecule has 3 aromatic rings. The molecule has 1 atom stereocenters. The molecule has 0 bridgehead atoms. The Balaban J connectivity index is 1.25. The summed E-state index contributed by atoms with van der Waals surface area (Å²) in [6, 6.07) is 14.8. The molecule has 1 aromatic heterocycles. The Labute approximate surface area is 229 Å². The van der Waals surface area contributed by atoms with E-state index < -0.39 is 16.0 Å². The Morgan fingerprint density at radius 3 is 2.51 bits per heavy atom. The number of aromatic carboxylic acids is 1. The van der Waals surface area contributed by atoms with Crippen molar-refractivity contribution in [1.82, 2.24) is 14.6 Å². The van der Waals surface area contributed by atoms with Gasteiger partial charge in [-0.15, -0.1) is 0 Å². The molecule has 1 fully saturated rings. The summed E-state index contributed by atoms with van der Waals surface area (Å²) in [6.07, 6.45) is 5.84. The molecule has 0 spiro atoms. The van der Waals surface area contributed by atoms with E-state index in [1.165, 1.54) is 22.0 Å². The second-order valence-corrected chi connectivity index (χ2v) is 12.7. The molecule has 2 aliphatic rings. The molecule has 8 nitrogen and oxygen atoms in total. The van der Waals surface area contributed by atoms with E-state index in [4.69, 9.17) is 0 Å². The third kappa shape index (κ3) is 5.84. The Kier molecular flexibility index (Phi) is 8.00. The van der Waals surface area contributed by atoms with E-state index in [9.17, 15) is 23.1 Å². The molecule has 1 aliphatic carbocycles. The summed E-state index contributed by atoms with van der Waals surface area (Å²) in [5, 5.41) is 13.5. The van der Waals surface area contributed by atoms with Crippen molar-refractivity contribution in [2.45, 2.75) is 69.2 Å². The first kappa shape index (κ1) is 27.3. The molecule has 5 rings (SSSR count). The van der Waals surface area contributed by atoms with Crippen LogP contribution in [0, 0.1) is 5.92 Å². The number of rotatable bonds is 8. The molecule has 39 heavy (non-hydrogen) atoms. The van der Waals surface area contributed by atoms with Gasteiger partial charge in [-0.05, 0) is 87.6 Å². The molecule has 0 unspecified atom stereocenters. The summed E-state index contributed by atoms with van der Waals surface area (Å²) in [7, 11) is -3.85. The molecular formula is C30H35N3O5S. The Bertz CT molecular complexity index is 1480. The van der Waals surface area contributed by atoms with Gasteiger partial charge in [0, 0.05) is 36.1 Å². The summed E-state index contributed by atoms with van der Waals surface area (Å²) >= 11 is 0. The van der Waals surface area contributed by atoms with Crippen LogP contribution in [-0.2, 0) is 34.1 Å². The van der Waals surface area contributed by atoms with Gasteiger partial charge in [0.05, 0.1) is 16.0 Å². The fourth-order valence-corrected chi connectivity index (χ4v) is 7.27. The maximum absolute atomic E-state index is 13.5. The maximum Gasteiger partial charge on any atom is 0.336 e. The number of nitrogens with zero attached hydrogens (tertiary/aromatic N) is 2. The van der Waals surface area contributed by atoms with Crippen LogP contribution in [0.1, 0.15) is 66.2 Å². The third-order valence-electron chi connectivity index (χ3n) is 8.01.